The Morgan fingerprint density at radius 1 is 1.33 bits per heavy atom. The van der Waals surface area contributed by atoms with Gasteiger partial charge in [0.05, 0.1) is 18.2 Å². The molecule has 126 valence electrons. The van der Waals surface area contributed by atoms with Gasteiger partial charge in [0.2, 0.25) is 5.91 Å². The quantitative estimate of drug-likeness (QED) is 0.934. The molecule has 2 aromatic rings. The van der Waals surface area contributed by atoms with Crippen LogP contribution in [0.25, 0.3) is 0 Å². The summed E-state index contributed by atoms with van der Waals surface area (Å²) < 4.78 is 1.68. The number of hydrogen-bond donors (Lipinski definition) is 1. The number of carboxylic acids is 1. The van der Waals surface area contributed by atoms with Crippen LogP contribution in [-0.4, -0.2) is 31.7 Å². The molecule has 1 fully saturated rings. The Bertz CT molecular complexity index is 797. The van der Waals surface area contributed by atoms with Crippen molar-refractivity contribution in [3.05, 3.63) is 52.8 Å². The zero-order valence-electron chi connectivity index (χ0n) is 14.1. The van der Waals surface area contributed by atoms with Crippen LogP contribution < -0.4 is 0 Å². The van der Waals surface area contributed by atoms with E-state index in [1.807, 2.05) is 45.3 Å². The van der Waals surface area contributed by atoms with Gasteiger partial charge in [0.1, 0.15) is 0 Å². The summed E-state index contributed by atoms with van der Waals surface area (Å²) in [5.41, 5.74) is 4.01. The Morgan fingerprint density at radius 3 is 2.67 bits per heavy atom. The molecule has 1 aromatic heterocycles. The standard InChI is InChI=1S/C18H21N3O3/c1-11-4-5-14(6-12(11)2)17-15(18(23)24)7-16(22)21(17)10-13-8-19-20(3)9-13/h4-6,8-9,15,17H,7,10H2,1-3H3,(H,23,24)/t15-,17+/m1/s1. The number of benzene rings is 1. The van der Waals surface area contributed by atoms with Gasteiger partial charge in [0, 0.05) is 31.8 Å². The van der Waals surface area contributed by atoms with Crippen molar-refractivity contribution in [2.24, 2.45) is 13.0 Å². The van der Waals surface area contributed by atoms with Crippen molar-refractivity contribution >= 4 is 11.9 Å². The number of rotatable bonds is 4. The SMILES string of the molecule is Cc1ccc([C@H]2[C@H](C(=O)O)CC(=O)N2Cc2cnn(C)c2)cc1C. The van der Waals surface area contributed by atoms with E-state index >= 15 is 0 Å². The number of carbonyl (C=O) groups excluding carboxylic acids is 1. The molecule has 24 heavy (non-hydrogen) atoms. The van der Waals surface area contributed by atoms with Gasteiger partial charge >= 0.3 is 5.97 Å². The van der Waals surface area contributed by atoms with E-state index in [-0.39, 0.29) is 12.3 Å². The van der Waals surface area contributed by atoms with E-state index < -0.39 is 17.9 Å². The second kappa shape index (κ2) is 6.11. The zero-order valence-corrected chi connectivity index (χ0v) is 14.1. The molecule has 1 aromatic carbocycles. The van der Waals surface area contributed by atoms with Crippen molar-refractivity contribution in [2.75, 3.05) is 0 Å². The van der Waals surface area contributed by atoms with Gasteiger partial charge in [-0.3, -0.25) is 14.3 Å². The second-order valence-electron chi connectivity index (χ2n) is 6.48. The Balaban J connectivity index is 1.99. The average molecular weight is 327 g/mol. The maximum atomic E-state index is 12.5. The molecule has 0 spiro atoms. The van der Waals surface area contributed by atoms with E-state index in [1.54, 1.807) is 15.8 Å². The summed E-state index contributed by atoms with van der Waals surface area (Å²) in [5, 5.41) is 13.7. The third kappa shape index (κ3) is 2.91. The summed E-state index contributed by atoms with van der Waals surface area (Å²) in [7, 11) is 1.82. The number of carbonyl (C=O) groups is 2. The molecule has 6 heteroatoms. The highest BCUT2D eigenvalue weighted by Gasteiger charge is 2.44. The van der Waals surface area contributed by atoms with Crippen LogP contribution in [0.2, 0.25) is 0 Å². The molecule has 1 amide bonds. The van der Waals surface area contributed by atoms with Crippen LogP contribution in [0.1, 0.15) is 34.7 Å². The highest BCUT2D eigenvalue weighted by Crippen LogP contribution is 2.39. The summed E-state index contributed by atoms with van der Waals surface area (Å²) in [5.74, 6) is -1.79. The lowest BCUT2D eigenvalue weighted by atomic mass is 9.91. The maximum absolute atomic E-state index is 12.5. The second-order valence-corrected chi connectivity index (χ2v) is 6.48. The minimum Gasteiger partial charge on any atom is -0.481 e. The average Bonchev–Trinajstić information content (AvgIpc) is 3.07. The number of amides is 1. The van der Waals surface area contributed by atoms with Crippen molar-refractivity contribution < 1.29 is 14.7 Å². The lowest BCUT2D eigenvalue weighted by Gasteiger charge is -2.27. The molecule has 1 N–H and O–H groups in total. The van der Waals surface area contributed by atoms with E-state index in [0.717, 1.165) is 22.3 Å². The Hall–Kier alpha value is -2.63. The molecule has 1 aliphatic heterocycles. The number of aromatic nitrogens is 2. The predicted molar refractivity (Wildman–Crippen MR) is 88.2 cm³/mol. The third-order valence-electron chi connectivity index (χ3n) is 4.73. The van der Waals surface area contributed by atoms with E-state index in [9.17, 15) is 14.7 Å². The third-order valence-corrected chi connectivity index (χ3v) is 4.73. The number of aliphatic carboxylic acids is 1. The lowest BCUT2D eigenvalue weighted by Crippen LogP contribution is -2.30. The number of aryl methyl sites for hydroxylation is 3. The van der Waals surface area contributed by atoms with Crippen LogP contribution >= 0.6 is 0 Å². The van der Waals surface area contributed by atoms with Gasteiger partial charge in [0.25, 0.3) is 0 Å². The molecule has 6 nitrogen and oxygen atoms in total. The van der Waals surface area contributed by atoms with Gasteiger partial charge in [0.15, 0.2) is 0 Å². The molecule has 2 atom stereocenters. The van der Waals surface area contributed by atoms with Crippen molar-refractivity contribution in [2.45, 2.75) is 32.9 Å². The summed E-state index contributed by atoms with van der Waals surface area (Å²) in [6.07, 6.45) is 3.59. The van der Waals surface area contributed by atoms with Crippen molar-refractivity contribution in [1.29, 1.82) is 0 Å². The lowest BCUT2D eigenvalue weighted by molar-refractivity contribution is -0.142. The highest BCUT2D eigenvalue weighted by molar-refractivity contribution is 5.87. The summed E-state index contributed by atoms with van der Waals surface area (Å²) >= 11 is 0. The van der Waals surface area contributed by atoms with Gasteiger partial charge < -0.3 is 10.0 Å². The van der Waals surface area contributed by atoms with Crippen LogP contribution in [0, 0.1) is 19.8 Å². The fourth-order valence-corrected chi connectivity index (χ4v) is 3.31. The van der Waals surface area contributed by atoms with E-state index in [0.29, 0.717) is 6.54 Å². The van der Waals surface area contributed by atoms with Crippen molar-refractivity contribution in [1.82, 2.24) is 14.7 Å². The first kappa shape index (κ1) is 16.2. The topological polar surface area (TPSA) is 75.4 Å². The molecule has 1 saturated heterocycles. The first-order valence-electron chi connectivity index (χ1n) is 7.93. The molecular weight excluding hydrogens is 306 g/mol. The number of hydrogen-bond acceptors (Lipinski definition) is 3. The Labute approximate surface area is 140 Å². The highest BCUT2D eigenvalue weighted by atomic mass is 16.4. The maximum Gasteiger partial charge on any atom is 0.309 e. The molecule has 0 aliphatic carbocycles. The summed E-state index contributed by atoms with van der Waals surface area (Å²) in [6, 6.07) is 5.45. The normalized spacial score (nSPS) is 20.6. The molecule has 1 aliphatic rings. The van der Waals surface area contributed by atoms with E-state index in [1.165, 1.54) is 0 Å². The number of carboxylic acid groups (broad SMARTS) is 1. The predicted octanol–water partition coefficient (Wildman–Crippen LogP) is 2.21. The smallest absolute Gasteiger partial charge is 0.309 e. The van der Waals surface area contributed by atoms with E-state index in [2.05, 4.69) is 5.10 Å². The number of likely N-dealkylation sites (tertiary alicyclic amines) is 1. The minimum absolute atomic E-state index is 0.0349. The first-order valence-corrected chi connectivity index (χ1v) is 7.93. The summed E-state index contributed by atoms with van der Waals surface area (Å²) in [6.45, 7) is 4.38. The van der Waals surface area contributed by atoms with Gasteiger partial charge in [-0.2, -0.15) is 5.10 Å². The Morgan fingerprint density at radius 2 is 2.08 bits per heavy atom. The van der Waals surface area contributed by atoms with Crippen LogP contribution in [0.15, 0.2) is 30.6 Å². The molecular formula is C18H21N3O3. The fourth-order valence-electron chi connectivity index (χ4n) is 3.31. The zero-order chi connectivity index (χ0) is 17.4. The minimum atomic E-state index is -0.930. The van der Waals surface area contributed by atoms with Gasteiger partial charge in [-0.15, -0.1) is 0 Å². The van der Waals surface area contributed by atoms with Crippen LogP contribution in [-0.2, 0) is 23.2 Å². The molecule has 3 rings (SSSR count). The van der Waals surface area contributed by atoms with Gasteiger partial charge in [-0.1, -0.05) is 18.2 Å². The monoisotopic (exact) mass is 327 g/mol. The Kier molecular flexibility index (Phi) is 4.13. The van der Waals surface area contributed by atoms with Crippen LogP contribution in [0.5, 0.6) is 0 Å². The van der Waals surface area contributed by atoms with Gasteiger partial charge in [-0.05, 0) is 30.5 Å². The first-order chi connectivity index (χ1) is 11.4. The largest absolute Gasteiger partial charge is 0.481 e. The molecule has 0 bridgehead atoms. The molecule has 2 heterocycles. The number of nitrogens with zero attached hydrogens (tertiary/aromatic N) is 3. The van der Waals surface area contributed by atoms with Gasteiger partial charge in [-0.25, -0.2) is 0 Å². The van der Waals surface area contributed by atoms with Crippen LogP contribution in [0.4, 0.5) is 0 Å². The molecule has 0 unspecified atom stereocenters. The van der Waals surface area contributed by atoms with Crippen molar-refractivity contribution in [3.63, 3.8) is 0 Å². The van der Waals surface area contributed by atoms with Crippen LogP contribution in [0.3, 0.4) is 0 Å². The van der Waals surface area contributed by atoms with E-state index in [4.69, 9.17) is 0 Å². The fraction of sp³-hybridized carbons (Fsp3) is 0.389. The molecule has 0 saturated carbocycles. The molecule has 0 radical (unpaired) electrons. The summed E-state index contributed by atoms with van der Waals surface area (Å²) in [4.78, 5) is 25.8. The van der Waals surface area contributed by atoms with Crippen molar-refractivity contribution in [3.8, 4) is 0 Å².